The molecule has 2 amide bonds. The third-order valence-electron chi connectivity index (χ3n) is 8.70. The highest BCUT2D eigenvalue weighted by atomic mass is 32.2. The van der Waals surface area contributed by atoms with Gasteiger partial charge in [0.05, 0.1) is 17.4 Å². The molecular weight excluding hydrogens is 564 g/mol. The van der Waals surface area contributed by atoms with E-state index in [1.807, 2.05) is 42.2 Å². The summed E-state index contributed by atoms with van der Waals surface area (Å²) in [5, 5.41) is 10.1. The van der Waals surface area contributed by atoms with Crippen LogP contribution in [0.15, 0.2) is 59.5 Å². The molecule has 1 aliphatic carbocycles. The molecule has 2 atom stereocenters. The largest absolute Gasteiger partial charge is 0.465 e. The Kier molecular flexibility index (Phi) is 9.92. The fraction of sp³-hybridized carbons (Fsp3) is 0.548. The van der Waals surface area contributed by atoms with E-state index in [1.165, 1.54) is 17.0 Å². The van der Waals surface area contributed by atoms with Crippen LogP contribution in [0.3, 0.4) is 0 Å². The van der Waals surface area contributed by atoms with E-state index in [4.69, 9.17) is 0 Å². The van der Waals surface area contributed by atoms with Crippen molar-refractivity contribution in [2.45, 2.75) is 87.4 Å². The Labute approximate surface area is 247 Å². The van der Waals surface area contributed by atoms with Crippen molar-refractivity contribution in [2.75, 3.05) is 25.9 Å². The topological polar surface area (TPSA) is 98.2 Å². The third-order valence-corrected chi connectivity index (χ3v) is 9.83. The summed E-state index contributed by atoms with van der Waals surface area (Å²) in [7, 11) is -3.30. The van der Waals surface area contributed by atoms with Crippen LogP contribution in [0.1, 0.15) is 63.1 Å². The smallest absolute Gasteiger partial charge is 0.408 e. The van der Waals surface area contributed by atoms with Gasteiger partial charge in [-0.15, -0.1) is 0 Å². The summed E-state index contributed by atoms with van der Waals surface area (Å²) in [5.74, 6) is -2.83. The van der Waals surface area contributed by atoms with Gasteiger partial charge in [-0.05, 0) is 56.4 Å². The fourth-order valence-corrected chi connectivity index (χ4v) is 6.97. The van der Waals surface area contributed by atoms with Gasteiger partial charge in [-0.25, -0.2) is 22.0 Å². The molecular formula is C31H41F2N3O5S. The van der Waals surface area contributed by atoms with Crippen LogP contribution in [0, 0.1) is 0 Å². The van der Waals surface area contributed by atoms with E-state index in [0.717, 1.165) is 43.3 Å². The summed E-state index contributed by atoms with van der Waals surface area (Å²) in [4.78, 5) is 31.2. The van der Waals surface area contributed by atoms with Crippen molar-refractivity contribution < 1.29 is 31.9 Å². The van der Waals surface area contributed by atoms with Gasteiger partial charge in [0.1, 0.15) is 0 Å². The molecule has 0 radical (unpaired) electrons. The molecule has 8 nitrogen and oxygen atoms in total. The Morgan fingerprint density at radius 1 is 1.02 bits per heavy atom. The second-order valence-electron chi connectivity index (χ2n) is 11.7. The highest BCUT2D eigenvalue weighted by Crippen LogP contribution is 2.44. The minimum Gasteiger partial charge on any atom is -0.465 e. The number of sulfone groups is 1. The van der Waals surface area contributed by atoms with Crippen LogP contribution in [0.25, 0.3) is 0 Å². The van der Waals surface area contributed by atoms with Gasteiger partial charge in [0, 0.05) is 56.9 Å². The summed E-state index contributed by atoms with van der Waals surface area (Å²) in [6.45, 7) is 6.03. The highest BCUT2D eigenvalue weighted by molar-refractivity contribution is 7.90. The van der Waals surface area contributed by atoms with Crippen LogP contribution < -0.4 is 0 Å². The van der Waals surface area contributed by atoms with Crippen LogP contribution in [0.5, 0.6) is 0 Å². The highest BCUT2D eigenvalue weighted by Gasteiger charge is 2.51. The number of likely N-dealkylation sites (N-methyl/N-ethyl adjacent to an activating group) is 1. The zero-order valence-corrected chi connectivity index (χ0v) is 25.3. The van der Waals surface area contributed by atoms with Gasteiger partial charge in [0.25, 0.3) is 5.92 Å². The number of hydrogen-bond donors (Lipinski definition) is 1. The van der Waals surface area contributed by atoms with E-state index >= 15 is 0 Å². The van der Waals surface area contributed by atoms with Gasteiger partial charge in [0.15, 0.2) is 9.84 Å². The number of hydrogen-bond acceptors (Lipinski definition) is 5. The summed E-state index contributed by atoms with van der Waals surface area (Å²) in [5.41, 5.74) is 1.56. The zero-order valence-electron chi connectivity index (χ0n) is 24.5. The van der Waals surface area contributed by atoms with Crippen LogP contribution in [0.2, 0.25) is 0 Å². The molecule has 4 rings (SSSR count). The van der Waals surface area contributed by atoms with Gasteiger partial charge >= 0.3 is 6.09 Å². The molecule has 2 aliphatic rings. The monoisotopic (exact) mass is 605 g/mol. The maximum absolute atomic E-state index is 13.7. The molecule has 2 fully saturated rings. The number of likely N-dealkylation sites (tertiary alicyclic amines) is 1. The number of benzene rings is 2. The molecule has 11 heteroatoms. The number of carboxylic acid groups (broad SMARTS) is 1. The lowest BCUT2D eigenvalue weighted by molar-refractivity contribution is -0.133. The van der Waals surface area contributed by atoms with E-state index < -0.39 is 46.8 Å². The molecule has 0 bridgehead atoms. The molecule has 1 aliphatic heterocycles. The Morgan fingerprint density at radius 3 is 2.12 bits per heavy atom. The molecule has 0 spiro atoms. The van der Waals surface area contributed by atoms with Crippen molar-refractivity contribution >= 4 is 21.8 Å². The SMILES string of the molecule is CCN(C(=O)Cc1ccc(S(C)(=O)=O)cc1)C1CCN(C(C)C[C@@H](c2ccccc2)N(C(=O)O)C2CC(F)(F)C2)CC1. The van der Waals surface area contributed by atoms with Crippen LogP contribution in [-0.2, 0) is 21.1 Å². The van der Waals surface area contributed by atoms with Gasteiger partial charge in [-0.2, -0.15) is 0 Å². The summed E-state index contributed by atoms with van der Waals surface area (Å²) < 4.78 is 50.9. The van der Waals surface area contributed by atoms with E-state index in [2.05, 4.69) is 11.8 Å². The number of nitrogens with zero attached hydrogens (tertiary/aromatic N) is 3. The average Bonchev–Trinajstić information content (AvgIpc) is 2.92. The first-order valence-electron chi connectivity index (χ1n) is 14.6. The predicted octanol–water partition coefficient (Wildman–Crippen LogP) is 5.24. The van der Waals surface area contributed by atoms with E-state index in [0.29, 0.717) is 13.0 Å². The van der Waals surface area contributed by atoms with Crippen molar-refractivity contribution in [1.29, 1.82) is 0 Å². The van der Waals surface area contributed by atoms with Crippen molar-refractivity contribution in [3.63, 3.8) is 0 Å². The number of alkyl halides is 2. The third kappa shape index (κ3) is 7.66. The molecule has 2 aromatic rings. The standard InChI is InChI=1S/C31H41F2N3O5S/c1-4-35(29(37)19-23-10-12-27(13-11-23)42(3,40)41)25-14-16-34(17-15-25)22(2)18-28(24-8-6-5-7-9-24)36(30(38)39)26-20-31(32,33)21-26/h5-13,22,25-26,28H,4,14-21H2,1-3H3,(H,38,39)/t22?,28-/m0/s1. The Balaban J connectivity index is 1.38. The molecule has 0 aromatic heterocycles. The van der Waals surface area contributed by atoms with E-state index in [1.54, 1.807) is 12.1 Å². The number of carbonyl (C=O) groups is 2. The first kappa shape index (κ1) is 31.9. The van der Waals surface area contributed by atoms with Crippen LogP contribution >= 0.6 is 0 Å². The van der Waals surface area contributed by atoms with Crippen molar-refractivity contribution in [2.24, 2.45) is 0 Å². The average molecular weight is 606 g/mol. The quantitative estimate of drug-likeness (QED) is 0.376. The number of amides is 2. The molecule has 1 saturated carbocycles. The number of rotatable bonds is 11. The minimum atomic E-state index is -3.30. The Hall–Kier alpha value is -3.05. The van der Waals surface area contributed by atoms with Crippen molar-refractivity contribution in [1.82, 2.24) is 14.7 Å². The van der Waals surface area contributed by atoms with E-state index in [9.17, 15) is 31.9 Å². The maximum atomic E-state index is 13.7. The number of carbonyl (C=O) groups excluding carboxylic acids is 1. The first-order chi connectivity index (χ1) is 19.8. The lowest BCUT2D eigenvalue weighted by Gasteiger charge is -2.46. The van der Waals surface area contributed by atoms with Crippen LogP contribution in [0.4, 0.5) is 13.6 Å². The Morgan fingerprint density at radius 2 is 1.62 bits per heavy atom. The fourth-order valence-electron chi connectivity index (χ4n) is 6.34. The first-order valence-corrected chi connectivity index (χ1v) is 16.4. The zero-order chi connectivity index (χ0) is 30.7. The molecule has 1 N–H and O–H groups in total. The van der Waals surface area contributed by atoms with Gasteiger partial charge in [0.2, 0.25) is 5.91 Å². The minimum absolute atomic E-state index is 0.00210. The lowest BCUT2D eigenvalue weighted by Crippen LogP contribution is -2.55. The summed E-state index contributed by atoms with van der Waals surface area (Å²) >= 11 is 0. The summed E-state index contributed by atoms with van der Waals surface area (Å²) in [6.07, 6.45) is 1.27. The molecule has 1 heterocycles. The maximum Gasteiger partial charge on any atom is 0.408 e. The number of halogens is 2. The van der Waals surface area contributed by atoms with Crippen molar-refractivity contribution in [3.05, 3.63) is 65.7 Å². The predicted molar refractivity (Wildman–Crippen MR) is 156 cm³/mol. The Bertz CT molecular complexity index is 1320. The lowest BCUT2D eigenvalue weighted by atomic mass is 9.84. The second kappa shape index (κ2) is 13.1. The number of piperidine rings is 1. The molecule has 1 unspecified atom stereocenters. The van der Waals surface area contributed by atoms with Gasteiger partial charge in [-0.3, -0.25) is 9.69 Å². The molecule has 1 saturated heterocycles. The van der Waals surface area contributed by atoms with Gasteiger partial charge < -0.3 is 14.9 Å². The van der Waals surface area contributed by atoms with E-state index in [-0.39, 0.29) is 29.3 Å². The van der Waals surface area contributed by atoms with Crippen molar-refractivity contribution in [3.8, 4) is 0 Å². The van der Waals surface area contributed by atoms with Gasteiger partial charge in [-0.1, -0.05) is 42.5 Å². The second-order valence-corrected chi connectivity index (χ2v) is 13.7. The molecule has 2 aromatic carbocycles. The molecule has 42 heavy (non-hydrogen) atoms. The van der Waals surface area contributed by atoms with Crippen LogP contribution in [-0.4, -0.2) is 90.2 Å². The molecule has 230 valence electrons. The summed E-state index contributed by atoms with van der Waals surface area (Å²) in [6, 6.07) is 14.5. The normalized spacial score (nSPS) is 19.5.